The van der Waals surface area contributed by atoms with Crippen molar-refractivity contribution in [3.05, 3.63) is 36.0 Å². The molecule has 25 heavy (non-hydrogen) atoms. The standard InChI is InChI=1S/C13H21N.C7H12N2O2/c1-4-6-7-12-8-9-13(11(12)3)14-10-5-2;1-7(11)9-4-2-8(6-10)3-5-9/h4,6-7,13-14H,1,5,8-10H2,2-3H3;6H,2-5H2,1H3/b7-6-;. The van der Waals surface area contributed by atoms with Crippen molar-refractivity contribution < 1.29 is 9.59 Å². The molecule has 140 valence electrons. The van der Waals surface area contributed by atoms with Gasteiger partial charge in [-0.25, -0.2) is 0 Å². The summed E-state index contributed by atoms with van der Waals surface area (Å²) in [5.74, 6) is 0.0931. The minimum Gasteiger partial charge on any atom is -0.342 e. The van der Waals surface area contributed by atoms with E-state index in [2.05, 4.69) is 31.8 Å². The molecule has 1 N–H and O–H groups in total. The van der Waals surface area contributed by atoms with Crippen molar-refractivity contribution in [1.82, 2.24) is 15.1 Å². The fourth-order valence-electron chi connectivity index (χ4n) is 3.05. The van der Waals surface area contributed by atoms with Crippen LogP contribution in [0.3, 0.4) is 0 Å². The van der Waals surface area contributed by atoms with Gasteiger partial charge in [0.25, 0.3) is 0 Å². The minimum atomic E-state index is 0.0931. The van der Waals surface area contributed by atoms with E-state index < -0.39 is 0 Å². The predicted octanol–water partition coefficient (Wildman–Crippen LogP) is 2.51. The van der Waals surface area contributed by atoms with Gasteiger partial charge in [-0.15, -0.1) is 0 Å². The van der Waals surface area contributed by atoms with Crippen molar-refractivity contribution >= 4 is 12.3 Å². The van der Waals surface area contributed by atoms with Crippen molar-refractivity contribution in [2.75, 3.05) is 32.7 Å². The van der Waals surface area contributed by atoms with E-state index >= 15 is 0 Å². The van der Waals surface area contributed by atoms with Gasteiger partial charge in [0.15, 0.2) is 0 Å². The molecule has 0 spiro atoms. The van der Waals surface area contributed by atoms with Gasteiger partial charge in [0, 0.05) is 39.1 Å². The normalized spacial score (nSPS) is 20.5. The van der Waals surface area contributed by atoms with Gasteiger partial charge in [-0.2, -0.15) is 0 Å². The Morgan fingerprint density at radius 3 is 2.52 bits per heavy atom. The molecule has 2 amide bonds. The molecular formula is C20H33N3O2. The van der Waals surface area contributed by atoms with E-state index in [-0.39, 0.29) is 5.91 Å². The van der Waals surface area contributed by atoms with Crippen LogP contribution in [0.4, 0.5) is 0 Å². The average Bonchev–Trinajstić information content (AvgIpc) is 2.98. The summed E-state index contributed by atoms with van der Waals surface area (Å²) in [5, 5.41) is 3.57. The molecular weight excluding hydrogens is 314 g/mol. The third-order valence-corrected chi connectivity index (χ3v) is 4.71. The number of hydrogen-bond donors (Lipinski definition) is 1. The fourth-order valence-corrected chi connectivity index (χ4v) is 3.05. The molecule has 1 saturated heterocycles. The minimum absolute atomic E-state index is 0.0931. The molecule has 1 atom stereocenters. The summed E-state index contributed by atoms with van der Waals surface area (Å²) in [5.41, 5.74) is 3.00. The summed E-state index contributed by atoms with van der Waals surface area (Å²) in [6.45, 7) is 13.5. The Hall–Kier alpha value is -1.88. The number of allylic oxidation sites excluding steroid dienone is 4. The first-order chi connectivity index (χ1) is 12.0. The van der Waals surface area contributed by atoms with Crippen molar-refractivity contribution in [3.63, 3.8) is 0 Å². The topological polar surface area (TPSA) is 52.7 Å². The summed E-state index contributed by atoms with van der Waals surface area (Å²) < 4.78 is 0. The predicted molar refractivity (Wildman–Crippen MR) is 103 cm³/mol. The molecule has 0 aromatic heterocycles. The second kappa shape index (κ2) is 11.6. The first-order valence-electron chi connectivity index (χ1n) is 9.20. The van der Waals surface area contributed by atoms with Gasteiger partial charge in [-0.3, -0.25) is 9.59 Å². The van der Waals surface area contributed by atoms with Gasteiger partial charge in [-0.05, 0) is 38.3 Å². The van der Waals surface area contributed by atoms with Crippen LogP contribution in [0.5, 0.6) is 0 Å². The molecule has 0 radical (unpaired) electrons. The highest BCUT2D eigenvalue weighted by Crippen LogP contribution is 2.26. The molecule has 0 saturated carbocycles. The second-order valence-corrected chi connectivity index (χ2v) is 6.50. The van der Waals surface area contributed by atoms with Gasteiger partial charge in [0.05, 0.1) is 0 Å². The van der Waals surface area contributed by atoms with Crippen molar-refractivity contribution in [3.8, 4) is 0 Å². The monoisotopic (exact) mass is 347 g/mol. The summed E-state index contributed by atoms with van der Waals surface area (Å²) in [7, 11) is 0. The zero-order chi connectivity index (χ0) is 18.7. The number of carbonyl (C=O) groups excluding carboxylic acids is 2. The van der Waals surface area contributed by atoms with Crippen LogP contribution in [0.2, 0.25) is 0 Å². The molecule has 1 fully saturated rings. The van der Waals surface area contributed by atoms with Crippen molar-refractivity contribution in [2.45, 2.75) is 46.1 Å². The summed E-state index contributed by atoms with van der Waals surface area (Å²) in [6, 6.07) is 0.611. The highest BCUT2D eigenvalue weighted by Gasteiger charge is 2.19. The third-order valence-electron chi connectivity index (χ3n) is 4.71. The molecule has 1 aliphatic heterocycles. The molecule has 2 rings (SSSR count). The Labute approximate surface area is 152 Å². The zero-order valence-electron chi connectivity index (χ0n) is 16.0. The largest absolute Gasteiger partial charge is 0.342 e. The molecule has 5 heteroatoms. The molecule has 1 heterocycles. The Kier molecular flexibility index (Phi) is 9.85. The SMILES string of the molecule is C=C/C=C\C1=C(C)C(NCCC)CC1.CC(=O)N1CCN(C=O)CC1. The Morgan fingerprint density at radius 2 is 2.00 bits per heavy atom. The third kappa shape index (κ3) is 7.26. The number of nitrogens with one attached hydrogen (secondary N) is 1. The van der Waals surface area contributed by atoms with Crippen LogP contribution in [-0.2, 0) is 9.59 Å². The summed E-state index contributed by atoms with van der Waals surface area (Å²) in [6.07, 6.45) is 10.6. The van der Waals surface area contributed by atoms with Gasteiger partial charge >= 0.3 is 0 Å². The van der Waals surface area contributed by atoms with E-state index in [1.54, 1.807) is 16.7 Å². The Bertz CT molecular complexity index is 503. The molecule has 0 bridgehead atoms. The Balaban J connectivity index is 0.000000257. The van der Waals surface area contributed by atoms with Crippen LogP contribution in [-0.4, -0.2) is 60.9 Å². The number of amides is 2. The van der Waals surface area contributed by atoms with Gasteiger partial charge in [0.2, 0.25) is 12.3 Å². The van der Waals surface area contributed by atoms with E-state index in [0.29, 0.717) is 32.2 Å². The lowest BCUT2D eigenvalue weighted by atomic mass is 10.1. The number of nitrogens with zero attached hydrogens (tertiary/aromatic N) is 2. The maximum Gasteiger partial charge on any atom is 0.219 e. The number of carbonyl (C=O) groups is 2. The van der Waals surface area contributed by atoms with Crippen molar-refractivity contribution in [1.29, 1.82) is 0 Å². The first-order valence-corrected chi connectivity index (χ1v) is 9.20. The maximum atomic E-state index is 10.8. The lowest BCUT2D eigenvalue weighted by molar-refractivity contribution is -0.133. The van der Waals surface area contributed by atoms with Crippen LogP contribution in [0.25, 0.3) is 0 Å². The van der Waals surface area contributed by atoms with E-state index in [4.69, 9.17) is 0 Å². The molecule has 1 aliphatic carbocycles. The van der Waals surface area contributed by atoms with E-state index in [1.807, 2.05) is 12.2 Å². The van der Waals surface area contributed by atoms with Gasteiger partial charge in [0.1, 0.15) is 0 Å². The van der Waals surface area contributed by atoms with Crippen LogP contribution in [0.1, 0.15) is 40.0 Å². The molecule has 0 aromatic rings. The highest BCUT2D eigenvalue weighted by molar-refractivity contribution is 5.73. The van der Waals surface area contributed by atoms with Crippen LogP contribution in [0, 0.1) is 0 Å². The molecule has 5 nitrogen and oxygen atoms in total. The molecule has 1 unspecified atom stereocenters. The van der Waals surface area contributed by atoms with Gasteiger partial charge in [-0.1, -0.05) is 37.3 Å². The first kappa shape index (κ1) is 21.2. The van der Waals surface area contributed by atoms with Crippen LogP contribution < -0.4 is 5.32 Å². The maximum absolute atomic E-state index is 10.8. The lowest BCUT2D eigenvalue weighted by Crippen LogP contribution is -2.47. The second-order valence-electron chi connectivity index (χ2n) is 6.50. The number of hydrogen-bond acceptors (Lipinski definition) is 3. The molecule has 0 aromatic carbocycles. The average molecular weight is 348 g/mol. The van der Waals surface area contributed by atoms with Crippen LogP contribution >= 0.6 is 0 Å². The zero-order valence-corrected chi connectivity index (χ0v) is 16.0. The summed E-state index contributed by atoms with van der Waals surface area (Å²) in [4.78, 5) is 24.5. The van der Waals surface area contributed by atoms with Gasteiger partial charge < -0.3 is 15.1 Å². The van der Waals surface area contributed by atoms with E-state index in [0.717, 1.165) is 13.0 Å². The van der Waals surface area contributed by atoms with E-state index in [1.165, 1.54) is 30.4 Å². The van der Waals surface area contributed by atoms with E-state index in [9.17, 15) is 9.59 Å². The smallest absolute Gasteiger partial charge is 0.219 e. The quantitative estimate of drug-likeness (QED) is 0.593. The fraction of sp³-hybridized carbons (Fsp3) is 0.600. The lowest BCUT2D eigenvalue weighted by Gasteiger charge is -2.31. The summed E-state index contributed by atoms with van der Waals surface area (Å²) >= 11 is 0. The molecule has 2 aliphatic rings. The highest BCUT2D eigenvalue weighted by atomic mass is 16.2. The van der Waals surface area contributed by atoms with Crippen molar-refractivity contribution in [2.24, 2.45) is 0 Å². The van der Waals surface area contributed by atoms with Crippen LogP contribution in [0.15, 0.2) is 36.0 Å². The number of rotatable bonds is 6. The number of piperazine rings is 1. The Morgan fingerprint density at radius 1 is 1.32 bits per heavy atom.